The number of carbonyl (C=O) groups is 2. The number of piperidine rings is 1. The normalized spacial score (nSPS) is 18.1. The van der Waals surface area contributed by atoms with Gasteiger partial charge in [0.1, 0.15) is 0 Å². The van der Waals surface area contributed by atoms with Crippen molar-refractivity contribution in [1.82, 2.24) is 10.2 Å². The molecule has 1 saturated heterocycles. The second-order valence-corrected chi connectivity index (χ2v) is 4.44. The Kier molecular flexibility index (Phi) is 6.58. The summed E-state index contributed by atoms with van der Waals surface area (Å²) in [5.41, 5.74) is 0. The summed E-state index contributed by atoms with van der Waals surface area (Å²) in [6.07, 6.45) is 1.76. The summed E-state index contributed by atoms with van der Waals surface area (Å²) >= 11 is 0. The molecule has 0 aromatic rings. The minimum Gasteiger partial charge on any atom is -0.480 e. The van der Waals surface area contributed by atoms with E-state index in [0.29, 0.717) is 19.7 Å². The number of likely N-dealkylation sites (tertiary alicyclic amines) is 1. The first-order valence-corrected chi connectivity index (χ1v) is 6.47. The number of methoxy groups -OCH3 is 1. The molecular weight excluding hydrogens is 252 g/mol. The van der Waals surface area contributed by atoms with Crippen LogP contribution in [0.15, 0.2) is 0 Å². The maximum Gasteiger partial charge on any atom is 0.328 e. The Bertz CT molecular complexity index is 302. The smallest absolute Gasteiger partial charge is 0.328 e. The third kappa shape index (κ3) is 5.04. The Morgan fingerprint density at radius 3 is 2.53 bits per heavy atom. The Morgan fingerprint density at radius 2 is 2.05 bits per heavy atom. The highest BCUT2D eigenvalue weighted by Gasteiger charge is 2.26. The Balaban J connectivity index is 2.39. The molecule has 0 aliphatic carbocycles. The van der Waals surface area contributed by atoms with E-state index in [0.717, 1.165) is 12.8 Å². The van der Waals surface area contributed by atoms with Crippen LogP contribution in [0.25, 0.3) is 0 Å². The number of carboxylic acid groups (broad SMARTS) is 1. The summed E-state index contributed by atoms with van der Waals surface area (Å²) in [5, 5.41) is 11.4. The van der Waals surface area contributed by atoms with Crippen molar-refractivity contribution < 1.29 is 24.2 Å². The van der Waals surface area contributed by atoms with Gasteiger partial charge in [-0.3, -0.25) is 0 Å². The number of ether oxygens (including phenoxy) is 2. The molecule has 1 unspecified atom stereocenters. The number of carbonyl (C=O) groups excluding carboxylic acids is 1. The lowest BCUT2D eigenvalue weighted by Crippen LogP contribution is -2.52. The minimum absolute atomic E-state index is 0.0452. The third-order valence-electron chi connectivity index (χ3n) is 3.06. The van der Waals surface area contributed by atoms with Crippen molar-refractivity contribution in [2.45, 2.75) is 31.9 Å². The van der Waals surface area contributed by atoms with E-state index < -0.39 is 12.0 Å². The van der Waals surface area contributed by atoms with Gasteiger partial charge >= 0.3 is 12.0 Å². The number of nitrogens with zero attached hydrogens (tertiary/aromatic N) is 1. The molecule has 1 aliphatic rings. The zero-order chi connectivity index (χ0) is 14.3. The van der Waals surface area contributed by atoms with Gasteiger partial charge in [-0.1, -0.05) is 0 Å². The summed E-state index contributed by atoms with van der Waals surface area (Å²) < 4.78 is 10.3. The molecule has 1 heterocycles. The average Bonchev–Trinajstić information content (AvgIpc) is 2.39. The monoisotopic (exact) mass is 274 g/mol. The maximum absolute atomic E-state index is 11.9. The van der Waals surface area contributed by atoms with Crippen LogP contribution in [0.1, 0.15) is 19.8 Å². The van der Waals surface area contributed by atoms with Crippen molar-refractivity contribution in [1.29, 1.82) is 0 Å². The molecule has 0 aromatic carbocycles. The van der Waals surface area contributed by atoms with Crippen molar-refractivity contribution >= 4 is 12.0 Å². The lowest BCUT2D eigenvalue weighted by Gasteiger charge is -2.32. The molecule has 1 fully saturated rings. The highest BCUT2D eigenvalue weighted by Crippen LogP contribution is 2.13. The number of hydrogen-bond acceptors (Lipinski definition) is 4. The Labute approximate surface area is 112 Å². The highest BCUT2D eigenvalue weighted by molar-refractivity contribution is 5.82. The first-order chi connectivity index (χ1) is 9.08. The van der Waals surface area contributed by atoms with Crippen molar-refractivity contribution in [3.63, 3.8) is 0 Å². The van der Waals surface area contributed by atoms with Crippen LogP contribution in [0.4, 0.5) is 4.79 Å². The quantitative estimate of drug-likeness (QED) is 0.727. The van der Waals surface area contributed by atoms with E-state index in [1.54, 1.807) is 4.90 Å². The Hall–Kier alpha value is -1.34. The molecule has 0 radical (unpaired) electrons. The van der Waals surface area contributed by atoms with Gasteiger partial charge in [-0.05, 0) is 19.8 Å². The molecule has 0 bridgehead atoms. The third-order valence-corrected chi connectivity index (χ3v) is 3.06. The number of amides is 2. The summed E-state index contributed by atoms with van der Waals surface area (Å²) in [4.78, 5) is 24.4. The van der Waals surface area contributed by atoms with Crippen LogP contribution in [0, 0.1) is 0 Å². The van der Waals surface area contributed by atoms with Crippen molar-refractivity contribution in [3.05, 3.63) is 0 Å². The molecule has 0 aromatic heterocycles. The van der Waals surface area contributed by atoms with E-state index in [-0.39, 0.29) is 18.7 Å². The summed E-state index contributed by atoms with van der Waals surface area (Å²) in [5.74, 6) is -1.10. The van der Waals surface area contributed by atoms with E-state index in [9.17, 15) is 9.59 Å². The molecular formula is C12H22N2O5. The van der Waals surface area contributed by atoms with E-state index in [2.05, 4.69) is 5.32 Å². The van der Waals surface area contributed by atoms with Gasteiger partial charge in [0, 0.05) is 26.8 Å². The van der Waals surface area contributed by atoms with Crippen molar-refractivity contribution in [3.8, 4) is 0 Å². The molecule has 0 saturated carbocycles. The van der Waals surface area contributed by atoms with Crippen LogP contribution in [-0.2, 0) is 14.3 Å². The van der Waals surface area contributed by atoms with Crippen LogP contribution >= 0.6 is 0 Å². The van der Waals surface area contributed by atoms with Crippen LogP contribution in [-0.4, -0.2) is 67.6 Å². The molecule has 1 rings (SSSR count). The van der Waals surface area contributed by atoms with E-state index in [1.807, 2.05) is 6.92 Å². The fraction of sp³-hybridized carbons (Fsp3) is 0.833. The standard InChI is InChI=1S/C12H22N2O5/c1-3-19-9-4-6-14(7-5-9)12(17)13-10(8-18-2)11(15)16/h9-10H,3-8H2,1-2H3,(H,13,17)(H,15,16). The summed E-state index contributed by atoms with van der Waals surface area (Å²) in [6.45, 7) is 3.73. The largest absolute Gasteiger partial charge is 0.480 e. The Morgan fingerprint density at radius 1 is 1.42 bits per heavy atom. The minimum atomic E-state index is -1.10. The van der Waals surface area contributed by atoms with Crippen LogP contribution in [0.3, 0.4) is 0 Å². The molecule has 19 heavy (non-hydrogen) atoms. The lowest BCUT2D eigenvalue weighted by atomic mass is 10.1. The SMILES string of the molecule is CCOC1CCN(C(=O)NC(COC)C(=O)O)CC1. The number of hydrogen-bond donors (Lipinski definition) is 2. The topological polar surface area (TPSA) is 88.1 Å². The number of carboxylic acids is 1. The molecule has 1 atom stereocenters. The zero-order valence-electron chi connectivity index (χ0n) is 11.4. The molecule has 2 amide bonds. The van der Waals surface area contributed by atoms with Gasteiger partial charge in [-0.15, -0.1) is 0 Å². The summed E-state index contributed by atoms with van der Waals surface area (Å²) in [6, 6.07) is -1.37. The molecule has 1 aliphatic heterocycles. The van der Waals surface area contributed by atoms with E-state index >= 15 is 0 Å². The average molecular weight is 274 g/mol. The molecule has 110 valence electrons. The highest BCUT2D eigenvalue weighted by atomic mass is 16.5. The molecule has 7 nitrogen and oxygen atoms in total. The number of urea groups is 1. The van der Waals surface area contributed by atoms with Crippen molar-refractivity contribution in [2.75, 3.05) is 33.4 Å². The summed E-state index contributed by atoms with van der Waals surface area (Å²) in [7, 11) is 1.40. The van der Waals surface area contributed by atoms with Crippen molar-refractivity contribution in [2.24, 2.45) is 0 Å². The lowest BCUT2D eigenvalue weighted by molar-refractivity contribution is -0.140. The van der Waals surface area contributed by atoms with Gasteiger partial charge < -0.3 is 24.8 Å². The zero-order valence-corrected chi connectivity index (χ0v) is 11.4. The van der Waals surface area contributed by atoms with Gasteiger partial charge in [-0.2, -0.15) is 0 Å². The number of aliphatic carboxylic acids is 1. The van der Waals surface area contributed by atoms with Gasteiger partial charge in [0.25, 0.3) is 0 Å². The van der Waals surface area contributed by atoms with Gasteiger partial charge in [0.05, 0.1) is 12.7 Å². The van der Waals surface area contributed by atoms with Gasteiger partial charge in [0.2, 0.25) is 0 Å². The molecule has 7 heteroatoms. The second kappa shape index (κ2) is 7.96. The molecule has 0 spiro atoms. The number of rotatable bonds is 6. The van der Waals surface area contributed by atoms with Gasteiger partial charge in [-0.25, -0.2) is 9.59 Å². The molecule has 2 N–H and O–H groups in total. The van der Waals surface area contributed by atoms with Crippen LogP contribution in [0.2, 0.25) is 0 Å². The first-order valence-electron chi connectivity index (χ1n) is 6.47. The predicted octanol–water partition coefficient (Wildman–Crippen LogP) is 0.297. The maximum atomic E-state index is 11.9. The first kappa shape index (κ1) is 15.7. The van der Waals surface area contributed by atoms with Gasteiger partial charge in [0.15, 0.2) is 6.04 Å². The fourth-order valence-electron chi connectivity index (χ4n) is 2.04. The number of nitrogens with one attached hydrogen (secondary N) is 1. The van der Waals surface area contributed by atoms with Crippen LogP contribution < -0.4 is 5.32 Å². The van der Waals surface area contributed by atoms with E-state index in [4.69, 9.17) is 14.6 Å². The predicted molar refractivity (Wildman–Crippen MR) is 68.1 cm³/mol. The van der Waals surface area contributed by atoms with Crippen LogP contribution in [0.5, 0.6) is 0 Å². The fourth-order valence-corrected chi connectivity index (χ4v) is 2.04. The van der Waals surface area contributed by atoms with E-state index in [1.165, 1.54) is 7.11 Å². The second-order valence-electron chi connectivity index (χ2n) is 4.44.